The minimum atomic E-state index is -3.01. The summed E-state index contributed by atoms with van der Waals surface area (Å²) in [5.41, 5.74) is 1.25. The lowest BCUT2D eigenvalue weighted by Crippen LogP contribution is -2.11. The summed E-state index contributed by atoms with van der Waals surface area (Å²) in [7, 11) is 0. The highest BCUT2D eigenvalue weighted by Gasteiger charge is 2.27. The van der Waals surface area contributed by atoms with Gasteiger partial charge in [0.2, 0.25) is 0 Å². The van der Waals surface area contributed by atoms with Gasteiger partial charge in [0.05, 0.1) is 5.49 Å². The third-order valence-corrected chi connectivity index (χ3v) is 6.69. The largest absolute Gasteiger partial charge is 0.422 e. The van der Waals surface area contributed by atoms with Crippen LogP contribution in [-0.4, -0.2) is 10.7 Å². The normalized spacial score (nSPS) is 15.6. The van der Waals surface area contributed by atoms with Crippen molar-refractivity contribution in [3.8, 4) is 5.75 Å². The number of benzene rings is 1. The number of nitrogens with one attached hydrogen (secondary N) is 1. The van der Waals surface area contributed by atoms with Gasteiger partial charge in [-0.2, -0.15) is 0 Å². The van der Waals surface area contributed by atoms with E-state index < -0.39 is 6.72 Å². The molecule has 0 aliphatic heterocycles. The van der Waals surface area contributed by atoms with Crippen molar-refractivity contribution in [1.82, 2.24) is 5.09 Å². The molecule has 0 heterocycles. The Morgan fingerprint density at radius 3 is 2.71 bits per heavy atom. The summed E-state index contributed by atoms with van der Waals surface area (Å²) in [5, 5.41) is 2.90. The summed E-state index contributed by atoms with van der Waals surface area (Å²) in [6.45, 7) is 1.05. The Morgan fingerprint density at radius 2 is 2.18 bits per heavy atom. The van der Waals surface area contributed by atoms with Crippen LogP contribution in [0.1, 0.15) is 20.3 Å². The first-order valence-corrected chi connectivity index (χ1v) is 8.92. The molecule has 0 aromatic heterocycles. The molecular weight excluding hydrogens is 273 g/mol. The van der Waals surface area contributed by atoms with E-state index in [4.69, 9.17) is 16.7 Å². The molecule has 1 N–H and O–H groups in total. The van der Waals surface area contributed by atoms with Crippen LogP contribution < -0.4 is 9.61 Å². The lowest BCUT2D eigenvalue weighted by Gasteiger charge is -2.20. The zero-order valence-corrected chi connectivity index (χ0v) is 12.4. The summed E-state index contributed by atoms with van der Waals surface area (Å²) >= 11 is 5.99. The molecule has 0 fully saturated rings. The van der Waals surface area contributed by atoms with Crippen molar-refractivity contribution in [2.24, 2.45) is 0 Å². The van der Waals surface area contributed by atoms with Crippen molar-refractivity contribution in [2.45, 2.75) is 25.5 Å². The molecule has 2 unspecified atom stereocenters. The first-order valence-electron chi connectivity index (χ1n) is 5.34. The van der Waals surface area contributed by atoms with Crippen LogP contribution >= 0.6 is 30.3 Å². The SMILES string of the molecule is CCC(C)SP(=O)(NC=S)Oc1ccccc1. The van der Waals surface area contributed by atoms with Crippen LogP contribution in [0.4, 0.5) is 0 Å². The van der Waals surface area contributed by atoms with Gasteiger partial charge in [0.15, 0.2) is 0 Å². The monoisotopic (exact) mass is 289 g/mol. The maximum Gasteiger partial charge on any atom is 0.400 e. The Kier molecular flexibility index (Phi) is 6.03. The molecule has 94 valence electrons. The summed E-state index contributed by atoms with van der Waals surface area (Å²) in [5.74, 6) is 0.580. The molecule has 0 spiro atoms. The second-order valence-corrected chi connectivity index (χ2v) is 8.23. The molecule has 1 aromatic carbocycles. The highest BCUT2D eigenvalue weighted by atomic mass is 32.7. The maximum atomic E-state index is 12.5. The fourth-order valence-corrected chi connectivity index (χ4v) is 5.60. The summed E-state index contributed by atoms with van der Waals surface area (Å²) in [4.78, 5) is 0. The number of hydrogen-bond acceptors (Lipinski definition) is 4. The molecular formula is C11H16NO2PS2. The molecule has 1 aromatic rings. The van der Waals surface area contributed by atoms with Gasteiger partial charge in [-0.25, -0.2) is 4.57 Å². The van der Waals surface area contributed by atoms with Crippen molar-refractivity contribution >= 4 is 35.8 Å². The molecule has 0 bridgehead atoms. The van der Waals surface area contributed by atoms with Gasteiger partial charge < -0.3 is 4.52 Å². The average Bonchev–Trinajstić information content (AvgIpc) is 2.30. The standard InChI is InChI=1S/C11H16NO2PS2/c1-3-10(2)17-15(13,12-9-16)14-11-7-5-4-6-8-11/h4-10H,3H2,1-2H3,(H,12,13,16). The van der Waals surface area contributed by atoms with E-state index in [9.17, 15) is 4.57 Å². The summed E-state index contributed by atoms with van der Waals surface area (Å²) < 4.78 is 18.0. The third kappa shape index (κ3) is 5.11. The van der Waals surface area contributed by atoms with Crippen LogP contribution in [0.3, 0.4) is 0 Å². The lowest BCUT2D eigenvalue weighted by molar-refractivity contribution is 0.495. The zero-order valence-electron chi connectivity index (χ0n) is 9.83. The predicted molar refractivity (Wildman–Crippen MR) is 78.8 cm³/mol. The van der Waals surface area contributed by atoms with E-state index in [-0.39, 0.29) is 5.25 Å². The highest BCUT2D eigenvalue weighted by Crippen LogP contribution is 2.57. The number of hydrogen-bond donors (Lipinski definition) is 1. The van der Waals surface area contributed by atoms with Crippen molar-refractivity contribution in [2.75, 3.05) is 0 Å². The van der Waals surface area contributed by atoms with Crippen LogP contribution in [0, 0.1) is 0 Å². The third-order valence-electron chi connectivity index (χ3n) is 2.07. The highest BCUT2D eigenvalue weighted by molar-refractivity contribution is 8.56. The molecule has 3 nitrogen and oxygen atoms in total. The van der Waals surface area contributed by atoms with Gasteiger partial charge in [-0.15, -0.1) is 0 Å². The molecule has 0 aliphatic carbocycles. The fourth-order valence-electron chi connectivity index (χ4n) is 1.07. The molecule has 17 heavy (non-hydrogen) atoms. The van der Waals surface area contributed by atoms with E-state index in [1.54, 1.807) is 12.1 Å². The quantitative estimate of drug-likeness (QED) is 0.600. The molecule has 0 saturated carbocycles. The van der Waals surface area contributed by atoms with Gasteiger partial charge in [-0.05, 0) is 29.9 Å². The van der Waals surface area contributed by atoms with Crippen LogP contribution in [0.25, 0.3) is 0 Å². The first-order chi connectivity index (χ1) is 8.09. The van der Waals surface area contributed by atoms with Gasteiger partial charge in [0.25, 0.3) is 0 Å². The number of para-hydroxylation sites is 1. The van der Waals surface area contributed by atoms with Crippen LogP contribution in [-0.2, 0) is 4.57 Å². The lowest BCUT2D eigenvalue weighted by atomic mass is 10.3. The van der Waals surface area contributed by atoms with E-state index in [0.29, 0.717) is 5.75 Å². The minimum absolute atomic E-state index is 0.243. The molecule has 0 aliphatic rings. The van der Waals surface area contributed by atoms with Gasteiger partial charge in [0, 0.05) is 5.25 Å². The van der Waals surface area contributed by atoms with E-state index >= 15 is 0 Å². The number of rotatable bonds is 7. The molecule has 1 rings (SSSR count). The second kappa shape index (κ2) is 7.04. The molecule has 2 atom stereocenters. The Hall–Kier alpha value is -0.510. The molecule has 0 radical (unpaired) electrons. The molecule has 0 saturated heterocycles. The summed E-state index contributed by atoms with van der Waals surface area (Å²) in [6.07, 6.45) is 0.923. The van der Waals surface area contributed by atoms with Crippen LogP contribution in [0.5, 0.6) is 5.75 Å². The topological polar surface area (TPSA) is 38.3 Å². The van der Waals surface area contributed by atoms with Gasteiger partial charge in [-0.1, -0.05) is 44.3 Å². The first kappa shape index (κ1) is 14.6. The predicted octanol–water partition coefficient (Wildman–Crippen LogP) is 4.25. The Labute approximate surface area is 112 Å². The smallest absolute Gasteiger partial charge is 0.400 e. The second-order valence-electron chi connectivity index (χ2n) is 3.47. The van der Waals surface area contributed by atoms with Gasteiger partial charge in [-0.3, -0.25) is 5.09 Å². The molecule has 0 amide bonds. The van der Waals surface area contributed by atoms with E-state index in [1.807, 2.05) is 32.0 Å². The zero-order chi connectivity index (χ0) is 12.7. The molecule has 6 heteroatoms. The maximum absolute atomic E-state index is 12.5. The minimum Gasteiger partial charge on any atom is -0.422 e. The van der Waals surface area contributed by atoms with E-state index in [0.717, 1.165) is 6.42 Å². The summed E-state index contributed by atoms with van der Waals surface area (Å²) in [6, 6.07) is 9.10. The van der Waals surface area contributed by atoms with Crippen LogP contribution in [0.15, 0.2) is 30.3 Å². The Balaban J connectivity index is 2.78. The van der Waals surface area contributed by atoms with Gasteiger partial charge in [0.1, 0.15) is 5.75 Å². The van der Waals surface area contributed by atoms with Crippen molar-refractivity contribution in [3.63, 3.8) is 0 Å². The van der Waals surface area contributed by atoms with Gasteiger partial charge >= 0.3 is 6.72 Å². The van der Waals surface area contributed by atoms with E-state index in [2.05, 4.69) is 5.09 Å². The number of thiocarbonyl (C=S) groups is 1. The van der Waals surface area contributed by atoms with Crippen molar-refractivity contribution in [3.05, 3.63) is 30.3 Å². The van der Waals surface area contributed by atoms with Crippen LogP contribution in [0.2, 0.25) is 0 Å². The van der Waals surface area contributed by atoms with Crippen molar-refractivity contribution < 1.29 is 9.09 Å². The van der Waals surface area contributed by atoms with Crippen molar-refractivity contribution in [1.29, 1.82) is 0 Å². The Bertz CT molecular complexity index is 400. The Morgan fingerprint density at radius 1 is 1.53 bits per heavy atom. The fraction of sp³-hybridized carbons (Fsp3) is 0.364. The van der Waals surface area contributed by atoms with E-state index in [1.165, 1.54) is 16.9 Å². The average molecular weight is 289 g/mol.